The molecule has 1 N–H and O–H groups in total. The van der Waals surface area contributed by atoms with Crippen molar-refractivity contribution >= 4 is 15.9 Å². The van der Waals surface area contributed by atoms with Crippen molar-refractivity contribution in [2.75, 3.05) is 0 Å². The number of hydrogen-bond acceptors (Lipinski definition) is 2. The Labute approximate surface area is 80.5 Å². The van der Waals surface area contributed by atoms with Crippen molar-refractivity contribution < 1.29 is 18.3 Å². The van der Waals surface area contributed by atoms with Crippen LogP contribution in [-0.2, 0) is 5.33 Å². The minimum Gasteiger partial charge on any atom is -0.503 e. The lowest BCUT2D eigenvalue weighted by Crippen LogP contribution is -1.97. The number of aromatic hydroxyl groups is 1. The molecule has 0 atom stereocenters. The van der Waals surface area contributed by atoms with Crippen molar-refractivity contribution in [1.29, 1.82) is 0 Å². The first-order valence-corrected chi connectivity index (χ1v) is 4.40. The van der Waals surface area contributed by atoms with E-state index in [2.05, 4.69) is 20.9 Å². The molecule has 0 aromatic carbocycles. The number of halogens is 4. The highest BCUT2D eigenvalue weighted by Crippen LogP contribution is 2.30. The van der Waals surface area contributed by atoms with Crippen molar-refractivity contribution in [1.82, 2.24) is 4.98 Å². The number of rotatable bonds is 2. The van der Waals surface area contributed by atoms with E-state index in [1.165, 1.54) is 0 Å². The van der Waals surface area contributed by atoms with Crippen LogP contribution in [0.2, 0.25) is 0 Å². The predicted molar refractivity (Wildman–Crippen MR) is 43.4 cm³/mol. The summed E-state index contributed by atoms with van der Waals surface area (Å²) in [6.07, 6.45) is -2.01. The second kappa shape index (κ2) is 3.95. The number of aromatic nitrogens is 1. The Bertz CT molecular complexity index is 319. The molecule has 0 aliphatic heterocycles. The van der Waals surface area contributed by atoms with Gasteiger partial charge in [0.2, 0.25) is 0 Å². The van der Waals surface area contributed by atoms with Crippen LogP contribution >= 0.6 is 15.9 Å². The van der Waals surface area contributed by atoms with Crippen LogP contribution in [0.3, 0.4) is 0 Å². The van der Waals surface area contributed by atoms with Gasteiger partial charge in [-0.25, -0.2) is 13.2 Å². The highest BCUT2D eigenvalue weighted by atomic mass is 79.9. The third-order valence-corrected chi connectivity index (χ3v) is 2.05. The zero-order chi connectivity index (χ0) is 10.0. The monoisotopic (exact) mass is 255 g/mol. The van der Waals surface area contributed by atoms with Gasteiger partial charge in [-0.1, -0.05) is 15.9 Å². The van der Waals surface area contributed by atoms with E-state index in [0.29, 0.717) is 0 Å². The molecule has 13 heavy (non-hydrogen) atoms. The van der Waals surface area contributed by atoms with E-state index in [0.717, 1.165) is 6.20 Å². The van der Waals surface area contributed by atoms with Gasteiger partial charge in [0.05, 0.1) is 0 Å². The summed E-state index contributed by atoms with van der Waals surface area (Å²) in [5, 5.41) is 9.06. The standard InChI is InChI=1S/C7H5BrF3NO/c8-1-3-2-12-5(7(10)11)6(13)4(3)9/h2,7,13H,1H2. The normalized spacial score (nSPS) is 10.8. The molecule has 0 unspecified atom stereocenters. The highest BCUT2D eigenvalue weighted by Gasteiger charge is 2.19. The fraction of sp³-hybridized carbons (Fsp3) is 0.286. The van der Waals surface area contributed by atoms with Gasteiger partial charge >= 0.3 is 0 Å². The molecule has 1 heterocycles. The number of nitrogens with zero attached hydrogens (tertiary/aromatic N) is 1. The van der Waals surface area contributed by atoms with Crippen LogP contribution in [0.1, 0.15) is 17.7 Å². The molecule has 72 valence electrons. The topological polar surface area (TPSA) is 33.1 Å². The molecule has 0 aliphatic rings. The third kappa shape index (κ3) is 1.93. The summed E-state index contributed by atoms with van der Waals surface area (Å²) in [6, 6.07) is 0. The van der Waals surface area contributed by atoms with E-state index in [9.17, 15) is 13.2 Å². The molecule has 0 spiro atoms. The van der Waals surface area contributed by atoms with Gasteiger partial charge in [-0.2, -0.15) is 0 Å². The molecule has 0 saturated carbocycles. The second-order valence-corrected chi connectivity index (χ2v) is 2.83. The fourth-order valence-electron chi connectivity index (χ4n) is 0.783. The van der Waals surface area contributed by atoms with E-state index >= 15 is 0 Å². The smallest absolute Gasteiger partial charge is 0.284 e. The van der Waals surface area contributed by atoms with Gasteiger partial charge in [-0.05, 0) is 0 Å². The van der Waals surface area contributed by atoms with Gasteiger partial charge in [-0.3, -0.25) is 4.98 Å². The Kier molecular flexibility index (Phi) is 3.13. The van der Waals surface area contributed by atoms with Gasteiger partial charge < -0.3 is 5.11 Å². The number of alkyl halides is 3. The molecule has 0 bridgehead atoms. The summed E-state index contributed by atoms with van der Waals surface area (Å²) >= 11 is 2.93. The lowest BCUT2D eigenvalue weighted by atomic mass is 10.2. The van der Waals surface area contributed by atoms with Crippen molar-refractivity contribution in [2.45, 2.75) is 11.8 Å². The summed E-state index contributed by atoms with van der Waals surface area (Å²) < 4.78 is 37.1. The summed E-state index contributed by atoms with van der Waals surface area (Å²) in [7, 11) is 0. The Morgan fingerprint density at radius 1 is 1.54 bits per heavy atom. The van der Waals surface area contributed by atoms with Gasteiger partial charge in [0, 0.05) is 17.1 Å². The summed E-state index contributed by atoms with van der Waals surface area (Å²) in [6.45, 7) is 0. The zero-order valence-corrected chi connectivity index (χ0v) is 7.85. The van der Waals surface area contributed by atoms with Gasteiger partial charge in [0.1, 0.15) is 0 Å². The second-order valence-electron chi connectivity index (χ2n) is 2.27. The molecular weight excluding hydrogens is 251 g/mol. The third-order valence-electron chi connectivity index (χ3n) is 1.44. The minimum absolute atomic E-state index is 0.0434. The quantitative estimate of drug-likeness (QED) is 0.825. The van der Waals surface area contributed by atoms with Crippen LogP contribution in [0.15, 0.2) is 6.20 Å². The van der Waals surface area contributed by atoms with Gasteiger partial charge in [0.25, 0.3) is 6.43 Å². The minimum atomic E-state index is -2.97. The van der Waals surface area contributed by atoms with E-state index in [1.807, 2.05) is 0 Å². The van der Waals surface area contributed by atoms with Crippen molar-refractivity contribution in [3.05, 3.63) is 23.3 Å². The maximum absolute atomic E-state index is 13.0. The van der Waals surface area contributed by atoms with Crippen LogP contribution in [0, 0.1) is 5.82 Å². The predicted octanol–water partition coefficient (Wildman–Crippen LogP) is 2.76. The summed E-state index contributed by atoms with van der Waals surface area (Å²) in [4.78, 5) is 3.24. The Morgan fingerprint density at radius 3 is 2.62 bits per heavy atom. The Hall–Kier alpha value is -0.780. The van der Waals surface area contributed by atoms with E-state index in [-0.39, 0.29) is 10.9 Å². The Balaban J connectivity index is 3.23. The van der Waals surface area contributed by atoms with Crippen LogP contribution in [0.5, 0.6) is 5.75 Å². The summed E-state index contributed by atoms with van der Waals surface area (Å²) in [5.41, 5.74) is -0.885. The van der Waals surface area contributed by atoms with Crippen LogP contribution in [-0.4, -0.2) is 10.1 Å². The zero-order valence-electron chi connectivity index (χ0n) is 6.27. The fourth-order valence-corrected chi connectivity index (χ4v) is 1.17. The molecule has 6 heteroatoms. The van der Waals surface area contributed by atoms with Crippen molar-refractivity contribution in [3.8, 4) is 5.75 Å². The molecule has 1 rings (SSSR count). The molecule has 2 nitrogen and oxygen atoms in total. The van der Waals surface area contributed by atoms with Gasteiger partial charge in [0.15, 0.2) is 17.3 Å². The molecule has 1 aromatic rings. The summed E-state index contributed by atoms with van der Waals surface area (Å²) in [5.74, 6) is -2.13. The van der Waals surface area contributed by atoms with E-state index in [1.54, 1.807) is 0 Å². The number of pyridine rings is 1. The lowest BCUT2D eigenvalue weighted by molar-refractivity contribution is 0.140. The van der Waals surface area contributed by atoms with Crippen LogP contribution in [0.4, 0.5) is 13.2 Å². The van der Waals surface area contributed by atoms with Crippen LogP contribution < -0.4 is 0 Å². The molecular formula is C7H5BrF3NO. The SMILES string of the molecule is Oc1c(C(F)F)ncc(CBr)c1F. The average molecular weight is 256 g/mol. The maximum Gasteiger partial charge on any atom is 0.284 e. The Morgan fingerprint density at radius 2 is 2.15 bits per heavy atom. The first kappa shape index (κ1) is 10.3. The van der Waals surface area contributed by atoms with Crippen molar-refractivity contribution in [2.24, 2.45) is 0 Å². The lowest BCUT2D eigenvalue weighted by Gasteiger charge is -2.05. The first-order chi connectivity index (χ1) is 6.07. The van der Waals surface area contributed by atoms with E-state index < -0.39 is 23.7 Å². The molecule has 0 saturated heterocycles. The van der Waals surface area contributed by atoms with E-state index in [4.69, 9.17) is 5.11 Å². The molecule has 0 radical (unpaired) electrons. The average Bonchev–Trinajstić information content (AvgIpc) is 2.09. The largest absolute Gasteiger partial charge is 0.503 e. The molecule has 0 amide bonds. The van der Waals surface area contributed by atoms with Gasteiger partial charge in [-0.15, -0.1) is 0 Å². The molecule has 0 fully saturated rings. The maximum atomic E-state index is 13.0. The molecule has 1 aromatic heterocycles. The highest BCUT2D eigenvalue weighted by molar-refractivity contribution is 9.08. The van der Waals surface area contributed by atoms with Crippen molar-refractivity contribution in [3.63, 3.8) is 0 Å². The molecule has 0 aliphatic carbocycles. The number of hydrogen-bond donors (Lipinski definition) is 1. The van der Waals surface area contributed by atoms with Crippen LogP contribution in [0.25, 0.3) is 0 Å². The first-order valence-electron chi connectivity index (χ1n) is 3.28.